The van der Waals surface area contributed by atoms with Crippen molar-refractivity contribution in [2.24, 2.45) is 11.8 Å². The van der Waals surface area contributed by atoms with Gasteiger partial charge in [-0.1, -0.05) is 46.0 Å². The van der Waals surface area contributed by atoms with Gasteiger partial charge in [0.2, 0.25) is 0 Å². The van der Waals surface area contributed by atoms with Gasteiger partial charge in [0.15, 0.2) is 0 Å². The number of rotatable bonds is 5. The summed E-state index contributed by atoms with van der Waals surface area (Å²) in [4.78, 5) is 23.2. The summed E-state index contributed by atoms with van der Waals surface area (Å²) in [6.45, 7) is 3.78. The Labute approximate surface area is 115 Å². The fourth-order valence-corrected chi connectivity index (χ4v) is 3.11. The van der Waals surface area contributed by atoms with Gasteiger partial charge in [-0.2, -0.15) is 0 Å². The number of alkyl carbamates (subject to hydrolysis) is 1. The van der Waals surface area contributed by atoms with Crippen LogP contribution in [0.4, 0.5) is 4.79 Å². The molecule has 0 aromatic carbocycles. The minimum Gasteiger partial charge on any atom is -0.444 e. The number of carbonyl (C=O) groups excluding carboxylic acids is 2. The predicted molar refractivity (Wildman–Crippen MR) is 72.8 cm³/mol. The van der Waals surface area contributed by atoms with Gasteiger partial charge in [0.05, 0.1) is 6.04 Å². The van der Waals surface area contributed by atoms with Crippen molar-refractivity contribution < 1.29 is 14.3 Å². The Morgan fingerprint density at radius 2 is 2.00 bits per heavy atom. The Bertz CT molecular complexity index is 334. The van der Waals surface area contributed by atoms with Gasteiger partial charge < -0.3 is 10.1 Å². The summed E-state index contributed by atoms with van der Waals surface area (Å²) in [5.41, 5.74) is 0. The van der Waals surface area contributed by atoms with Crippen molar-refractivity contribution in [3.63, 3.8) is 0 Å². The van der Waals surface area contributed by atoms with Gasteiger partial charge in [-0.3, -0.25) is 4.79 Å². The maximum Gasteiger partial charge on any atom is 0.407 e. The molecule has 2 rings (SSSR count). The molecule has 4 nitrogen and oxygen atoms in total. The van der Waals surface area contributed by atoms with E-state index in [9.17, 15) is 9.59 Å². The lowest BCUT2D eigenvalue weighted by Gasteiger charge is -2.26. The molecule has 108 valence electrons. The number of hydrogen-bond donors (Lipinski definition) is 1. The van der Waals surface area contributed by atoms with Gasteiger partial charge in [-0.15, -0.1) is 0 Å². The fourth-order valence-electron chi connectivity index (χ4n) is 3.11. The lowest BCUT2D eigenvalue weighted by Crippen LogP contribution is -2.35. The molecule has 1 aliphatic heterocycles. The summed E-state index contributed by atoms with van der Waals surface area (Å²) in [6, 6.07) is 0.0262. The van der Waals surface area contributed by atoms with Gasteiger partial charge in [0.1, 0.15) is 11.9 Å². The average molecular weight is 267 g/mol. The number of carbonyl (C=O) groups is 2. The standard InChI is InChI=1S/C15H25NO3/c1-10(2)13(17)9-14-12(16-15(18)19-14)8-11-6-4-3-5-7-11/h10-12,14H,3-9H2,1-2H3,(H,16,18). The van der Waals surface area contributed by atoms with Crippen LogP contribution in [0, 0.1) is 11.8 Å². The van der Waals surface area contributed by atoms with Crippen molar-refractivity contribution >= 4 is 11.9 Å². The van der Waals surface area contributed by atoms with Crippen LogP contribution in [0.1, 0.15) is 58.8 Å². The van der Waals surface area contributed by atoms with Crippen LogP contribution < -0.4 is 5.32 Å². The summed E-state index contributed by atoms with van der Waals surface area (Å²) >= 11 is 0. The second kappa shape index (κ2) is 6.40. The Kier molecular flexibility index (Phi) is 4.83. The van der Waals surface area contributed by atoms with Crippen molar-refractivity contribution in [1.82, 2.24) is 5.32 Å². The Morgan fingerprint density at radius 3 is 2.63 bits per heavy atom. The number of ketones is 1. The molecule has 0 aromatic rings. The zero-order valence-electron chi connectivity index (χ0n) is 12.0. The lowest BCUT2D eigenvalue weighted by atomic mass is 9.83. The topological polar surface area (TPSA) is 55.4 Å². The van der Waals surface area contributed by atoms with Crippen LogP contribution in [-0.2, 0) is 9.53 Å². The molecule has 0 spiro atoms. The normalized spacial score (nSPS) is 28.3. The van der Waals surface area contributed by atoms with E-state index in [0.717, 1.165) is 6.42 Å². The molecule has 2 atom stereocenters. The summed E-state index contributed by atoms with van der Waals surface area (Å²) in [7, 11) is 0. The molecule has 1 N–H and O–H groups in total. The Hall–Kier alpha value is -1.06. The zero-order chi connectivity index (χ0) is 13.8. The van der Waals surface area contributed by atoms with Crippen molar-refractivity contribution in [1.29, 1.82) is 0 Å². The molecule has 2 fully saturated rings. The van der Waals surface area contributed by atoms with Crippen LogP contribution in [-0.4, -0.2) is 24.0 Å². The largest absolute Gasteiger partial charge is 0.444 e. The van der Waals surface area contributed by atoms with E-state index in [1.165, 1.54) is 32.1 Å². The van der Waals surface area contributed by atoms with E-state index in [1.807, 2.05) is 13.8 Å². The van der Waals surface area contributed by atoms with E-state index in [2.05, 4.69) is 5.32 Å². The van der Waals surface area contributed by atoms with E-state index >= 15 is 0 Å². The number of nitrogens with one attached hydrogen (secondary N) is 1. The van der Waals surface area contributed by atoms with Crippen molar-refractivity contribution in [2.45, 2.75) is 70.9 Å². The molecular formula is C15H25NO3. The lowest BCUT2D eigenvalue weighted by molar-refractivity contribution is -0.123. The average Bonchev–Trinajstić information content (AvgIpc) is 2.70. The van der Waals surface area contributed by atoms with Gasteiger partial charge in [0.25, 0.3) is 0 Å². The maximum atomic E-state index is 11.8. The minimum absolute atomic E-state index is 0.00892. The number of amides is 1. The minimum atomic E-state index is -0.359. The molecule has 2 unspecified atom stereocenters. The van der Waals surface area contributed by atoms with E-state index in [1.54, 1.807) is 0 Å². The highest BCUT2D eigenvalue weighted by molar-refractivity contribution is 5.82. The van der Waals surface area contributed by atoms with E-state index in [4.69, 9.17) is 4.74 Å². The van der Waals surface area contributed by atoms with E-state index < -0.39 is 0 Å². The predicted octanol–water partition coefficient (Wildman–Crippen LogP) is 3.05. The zero-order valence-corrected chi connectivity index (χ0v) is 12.0. The molecule has 0 aromatic heterocycles. The monoisotopic (exact) mass is 267 g/mol. The molecule has 0 bridgehead atoms. The van der Waals surface area contributed by atoms with Gasteiger partial charge >= 0.3 is 6.09 Å². The summed E-state index contributed by atoms with van der Waals surface area (Å²) in [6.07, 6.45) is 7.11. The molecule has 4 heteroatoms. The molecule has 1 heterocycles. The summed E-state index contributed by atoms with van der Waals surface area (Å²) in [5, 5.41) is 2.88. The van der Waals surface area contributed by atoms with Crippen molar-refractivity contribution in [2.75, 3.05) is 0 Å². The van der Waals surface area contributed by atoms with Gasteiger partial charge in [-0.05, 0) is 12.3 Å². The smallest absolute Gasteiger partial charge is 0.407 e. The quantitative estimate of drug-likeness (QED) is 0.833. The van der Waals surface area contributed by atoms with Crippen LogP contribution in [0.2, 0.25) is 0 Å². The van der Waals surface area contributed by atoms with E-state index in [-0.39, 0.29) is 29.9 Å². The molecule has 1 aliphatic carbocycles. The third-order valence-corrected chi connectivity index (χ3v) is 4.37. The first-order valence-corrected chi connectivity index (χ1v) is 7.56. The van der Waals surface area contributed by atoms with E-state index in [0.29, 0.717) is 12.3 Å². The molecule has 1 saturated carbocycles. The molecule has 2 aliphatic rings. The van der Waals surface area contributed by atoms with Gasteiger partial charge in [0, 0.05) is 12.3 Å². The highest BCUT2D eigenvalue weighted by Crippen LogP contribution is 2.30. The highest BCUT2D eigenvalue weighted by Gasteiger charge is 2.37. The van der Waals surface area contributed by atoms with Gasteiger partial charge in [-0.25, -0.2) is 4.79 Å². The summed E-state index contributed by atoms with van der Waals surface area (Å²) in [5.74, 6) is 0.863. The molecular weight excluding hydrogens is 242 g/mol. The van der Waals surface area contributed by atoms with Crippen LogP contribution in [0.5, 0.6) is 0 Å². The maximum absolute atomic E-state index is 11.8. The Balaban J connectivity index is 1.89. The number of ether oxygens (including phenoxy) is 1. The molecule has 1 amide bonds. The van der Waals surface area contributed by atoms with Crippen molar-refractivity contribution in [3.8, 4) is 0 Å². The third kappa shape index (κ3) is 3.95. The highest BCUT2D eigenvalue weighted by atomic mass is 16.6. The van der Waals surface area contributed by atoms with Crippen LogP contribution in [0.15, 0.2) is 0 Å². The molecule has 19 heavy (non-hydrogen) atoms. The molecule has 0 radical (unpaired) electrons. The second-order valence-electron chi connectivity index (χ2n) is 6.26. The van der Waals surface area contributed by atoms with Crippen LogP contribution in [0.25, 0.3) is 0 Å². The fraction of sp³-hybridized carbons (Fsp3) is 0.867. The first kappa shape index (κ1) is 14.4. The SMILES string of the molecule is CC(C)C(=O)CC1OC(=O)NC1CC1CCCCC1. The second-order valence-corrected chi connectivity index (χ2v) is 6.26. The number of Topliss-reactive ketones (excluding diaryl/α,β-unsaturated/α-hetero) is 1. The van der Waals surface area contributed by atoms with Crippen LogP contribution in [0.3, 0.4) is 0 Å². The first-order valence-electron chi connectivity index (χ1n) is 7.56. The van der Waals surface area contributed by atoms with Crippen molar-refractivity contribution in [3.05, 3.63) is 0 Å². The first-order chi connectivity index (χ1) is 9.06. The third-order valence-electron chi connectivity index (χ3n) is 4.37. The number of cyclic esters (lactones) is 1. The van der Waals surface area contributed by atoms with Crippen LogP contribution >= 0.6 is 0 Å². The Morgan fingerprint density at radius 1 is 1.32 bits per heavy atom. The molecule has 1 saturated heterocycles. The summed E-state index contributed by atoms with van der Waals surface area (Å²) < 4.78 is 5.27. The number of hydrogen-bond acceptors (Lipinski definition) is 3.